The highest BCUT2D eigenvalue weighted by Gasteiger charge is 2.27. The summed E-state index contributed by atoms with van der Waals surface area (Å²) in [5.41, 5.74) is 6.86. The molecular formula is C13H15BrClN3O. The zero-order valence-corrected chi connectivity index (χ0v) is 12.7. The van der Waals surface area contributed by atoms with Gasteiger partial charge < -0.3 is 10.3 Å². The lowest BCUT2D eigenvalue weighted by Crippen LogP contribution is -2.14. The quantitative estimate of drug-likeness (QED) is 0.905. The molecule has 1 aliphatic rings. The second kappa shape index (κ2) is 6.03. The highest BCUT2D eigenvalue weighted by Crippen LogP contribution is 2.33. The molecule has 0 amide bonds. The lowest BCUT2D eigenvalue weighted by atomic mass is 10.1. The maximum Gasteiger partial charge on any atom is 0.230 e. The Morgan fingerprint density at radius 3 is 2.84 bits per heavy atom. The van der Waals surface area contributed by atoms with Crippen molar-refractivity contribution in [3.8, 4) is 11.4 Å². The predicted molar refractivity (Wildman–Crippen MR) is 79.2 cm³/mol. The fraction of sp³-hybridized carbons (Fsp3) is 0.385. The van der Waals surface area contributed by atoms with Crippen LogP contribution in [0.25, 0.3) is 11.4 Å². The molecule has 2 atom stereocenters. The smallest absolute Gasteiger partial charge is 0.230 e. The van der Waals surface area contributed by atoms with Gasteiger partial charge in [-0.15, -0.1) is 12.4 Å². The first kappa shape index (κ1) is 14.5. The van der Waals surface area contributed by atoms with Gasteiger partial charge in [0.2, 0.25) is 11.7 Å². The monoisotopic (exact) mass is 343 g/mol. The van der Waals surface area contributed by atoms with Crippen LogP contribution >= 0.6 is 28.3 Å². The summed E-state index contributed by atoms with van der Waals surface area (Å²) >= 11 is 3.44. The molecule has 2 N–H and O–H groups in total. The van der Waals surface area contributed by atoms with Gasteiger partial charge in [-0.1, -0.05) is 33.2 Å². The minimum Gasteiger partial charge on any atom is -0.339 e. The number of benzene rings is 1. The summed E-state index contributed by atoms with van der Waals surface area (Å²) in [5, 5.41) is 4.05. The molecular weight excluding hydrogens is 330 g/mol. The molecule has 1 aromatic carbocycles. The van der Waals surface area contributed by atoms with Gasteiger partial charge in [-0.05, 0) is 31.4 Å². The van der Waals surface area contributed by atoms with Crippen LogP contribution in [-0.2, 0) is 0 Å². The Kier molecular flexibility index (Phi) is 4.60. The third kappa shape index (κ3) is 3.16. The fourth-order valence-electron chi connectivity index (χ4n) is 2.39. The first-order valence-corrected chi connectivity index (χ1v) is 6.87. The van der Waals surface area contributed by atoms with Crippen LogP contribution in [0.5, 0.6) is 0 Å². The standard InChI is InChI=1S/C13H14BrN3O.ClH/c14-10-3-1-2-8(6-10)12-16-13(18-17-12)9-4-5-11(15)7-9;/h1-3,6,9,11H,4-5,7,15H2;1H. The van der Waals surface area contributed by atoms with Crippen molar-refractivity contribution in [1.29, 1.82) is 0 Å². The van der Waals surface area contributed by atoms with E-state index >= 15 is 0 Å². The lowest BCUT2D eigenvalue weighted by Gasteiger charge is -2.01. The zero-order valence-electron chi connectivity index (χ0n) is 10.3. The van der Waals surface area contributed by atoms with Gasteiger partial charge in [0.25, 0.3) is 0 Å². The molecule has 1 aromatic heterocycles. The van der Waals surface area contributed by atoms with Crippen molar-refractivity contribution in [3.63, 3.8) is 0 Å². The summed E-state index contributed by atoms with van der Waals surface area (Å²) in [6.45, 7) is 0. The van der Waals surface area contributed by atoms with E-state index in [1.54, 1.807) is 0 Å². The maximum atomic E-state index is 5.90. The Labute approximate surface area is 126 Å². The molecule has 2 aromatic rings. The van der Waals surface area contributed by atoms with Crippen LogP contribution in [0.4, 0.5) is 0 Å². The van der Waals surface area contributed by atoms with Gasteiger partial charge >= 0.3 is 0 Å². The largest absolute Gasteiger partial charge is 0.339 e. The Morgan fingerprint density at radius 1 is 1.32 bits per heavy atom. The number of rotatable bonds is 2. The Hall–Kier alpha value is -0.910. The molecule has 0 saturated heterocycles. The van der Waals surface area contributed by atoms with E-state index in [9.17, 15) is 0 Å². The second-order valence-electron chi connectivity index (χ2n) is 4.74. The second-order valence-corrected chi connectivity index (χ2v) is 5.65. The molecule has 19 heavy (non-hydrogen) atoms. The third-order valence-electron chi connectivity index (χ3n) is 3.35. The molecule has 1 heterocycles. The first-order chi connectivity index (χ1) is 8.72. The number of hydrogen-bond acceptors (Lipinski definition) is 4. The first-order valence-electron chi connectivity index (χ1n) is 6.07. The van der Waals surface area contributed by atoms with Crippen molar-refractivity contribution >= 4 is 28.3 Å². The predicted octanol–water partition coefficient (Wildman–Crippen LogP) is 3.52. The van der Waals surface area contributed by atoms with E-state index in [2.05, 4.69) is 26.1 Å². The number of halogens is 2. The molecule has 2 unspecified atom stereocenters. The topological polar surface area (TPSA) is 64.9 Å². The van der Waals surface area contributed by atoms with Crippen LogP contribution in [0.1, 0.15) is 31.1 Å². The van der Waals surface area contributed by atoms with Crippen molar-refractivity contribution < 1.29 is 4.52 Å². The minimum atomic E-state index is 0. The molecule has 0 bridgehead atoms. The average Bonchev–Trinajstić information content (AvgIpc) is 2.97. The van der Waals surface area contributed by atoms with Crippen molar-refractivity contribution in [2.75, 3.05) is 0 Å². The molecule has 0 spiro atoms. The molecule has 102 valence electrons. The van der Waals surface area contributed by atoms with Crippen LogP contribution < -0.4 is 5.73 Å². The average molecular weight is 345 g/mol. The molecule has 6 heteroatoms. The van der Waals surface area contributed by atoms with Crippen molar-refractivity contribution in [2.45, 2.75) is 31.2 Å². The van der Waals surface area contributed by atoms with E-state index in [1.165, 1.54) is 0 Å². The number of hydrogen-bond donors (Lipinski definition) is 1. The van der Waals surface area contributed by atoms with Crippen molar-refractivity contribution in [1.82, 2.24) is 10.1 Å². The molecule has 1 aliphatic carbocycles. The van der Waals surface area contributed by atoms with Crippen molar-refractivity contribution in [2.24, 2.45) is 5.73 Å². The number of nitrogens with two attached hydrogens (primary N) is 1. The van der Waals surface area contributed by atoms with E-state index < -0.39 is 0 Å². The minimum absolute atomic E-state index is 0. The number of aromatic nitrogens is 2. The molecule has 0 radical (unpaired) electrons. The number of nitrogens with zero attached hydrogens (tertiary/aromatic N) is 2. The van der Waals surface area contributed by atoms with Gasteiger partial charge in [0.1, 0.15) is 0 Å². The summed E-state index contributed by atoms with van der Waals surface area (Å²) < 4.78 is 6.37. The zero-order chi connectivity index (χ0) is 12.5. The van der Waals surface area contributed by atoms with E-state index in [-0.39, 0.29) is 18.4 Å². The Morgan fingerprint density at radius 2 is 2.16 bits per heavy atom. The molecule has 4 nitrogen and oxygen atoms in total. The van der Waals surface area contributed by atoms with Crippen LogP contribution in [0.3, 0.4) is 0 Å². The Balaban J connectivity index is 0.00000133. The summed E-state index contributed by atoms with van der Waals surface area (Å²) in [7, 11) is 0. The van der Waals surface area contributed by atoms with Gasteiger partial charge in [-0.3, -0.25) is 0 Å². The molecule has 1 fully saturated rings. The lowest BCUT2D eigenvalue weighted by molar-refractivity contribution is 0.353. The molecule has 0 aliphatic heterocycles. The Bertz CT molecular complexity index is 560. The SMILES string of the molecule is Cl.NC1CCC(c2nc(-c3cccc(Br)c3)no2)C1. The van der Waals surface area contributed by atoms with E-state index in [1.807, 2.05) is 24.3 Å². The van der Waals surface area contributed by atoms with Gasteiger partial charge in [-0.25, -0.2) is 0 Å². The summed E-state index contributed by atoms with van der Waals surface area (Å²) in [4.78, 5) is 4.48. The normalized spacial score (nSPS) is 22.2. The van der Waals surface area contributed by atoms with Crippen LogP contribution in [0, 0.1) is 0 Å². The van der Waals surface area contributed by atoms with Crippen LogP contribution in [-0.4, -0.2) is 16.2 Å². The highest BCUT2D eigenvalue weighted by molar-refractivity contribution is 9.10. The van der Waals surface area contributed by atoms with Crippen LogP contribution in [0.2, 0.25) is 0 Å². The molecule has 3 rings (SSSR count). The maximum absolute atomic E-state index is 5.90. The van der Waals surface area contributed by atoms with Crippen molar-refractivity contribution in [3.05, 3.63) is 34.6 Å². The van der Waals surface area contributed by atoms with E-state index in [0.717, 1.165) is 35.2 Å². The highest BCUT2D eigenvalue weighted by atomic mass is 79.9. The van der Waals surface area contributed by atoms with Gasteiger partial charge in [0, 0.05) is 22.0 Å². The summed E-state index contributed by atoms with van der Waals surface area (Å²) in [6.07, 6.45) is 3.03. The van der Waals surface area contributed by atoms with Crippen LogP contribution in [0.15, 0.2) is 33.3 Å². The van der Waals surface area contributed by atoms with Gasteiger partial charge in [-0.2, -0.15) is 4.98 Å². The van der Waals surface area contributed by atoms with Gasteiger partial charge in [0.05, 0.1) is 0 Å². The van der Waals surface area contributed by atoms with E-state index in [4.69, 9.17) is 10.3 Å². The summed E-state index contributed by atoms with van der Waals surface area (Å²) in [5.74, 6) is 1.69. The summed E-state index contributed by atoms with van der Waals surface area (Å²) in [6, 6.07) is 8.16. The van der Waals surface area contributed by atoms with E-state index in [0.29, 0.717) is 11.7 Å². The van der Waals surface area contributed by atoms with Gasteiger partial charge in [0.15, 0.2) is 0 Å². The molecule has 1 saturated carbocycles. The third-order valence-corrected chi connectivity index (χ3v) is 3.84. The fourth-order valence-corrected chi connectivity index (χ4v) is 2.79.